The third-order valence-corrected chi connectivity index (χ3v) is 3.91. The van der Waals surface area contributed by atoms with Crippen LogP contribution in [0, 0.1) is 0 Å². The highest BCUT2D eigenvalue weighted by molar-refractivity contribution is 5.56. The first-order chi connectivity index (χ1) is 13.3. The normalized spacial score (nSPS) is 10.3. The van der Waals surface area contributed by atoms with Crippen molar-refractivity contribution in [3.8, 4) is 11.5 Å². The fraction of sp³-hybridized carbons (Fsp3) is 0.250. The van der Waals surface area contributed by atoms with Crippen molar-refractivity contribution in [3.63, 3.8) is 0 Å². The molecule has 3 rings (SSSR count). The van der Waals surface area contributed by atoms with E-state index in [0.717, 1.165) is 23.6 Å². The van der Waals surface area contributed by atoms with Gasteiger partial charge in [-0.15, -0.1) is 5.10 Å². The molecule has 0 aliphatic rings. The second kappa shape index (κ2) is 9.38. The van der Waals surface area contributed by atoms with Gasteiger partial charge in [-0.2, -0.15) is 10.1 Å². The number of nitrogens with one attached hydrogen (secondary N) is 2. The van der Waals surface area contributed by atoms with Crippen LogP contribution in [0.4, 0.5) is 17.5 Å². The van der Waals surface area contributed by atoms with E-state index in [-0.39, 0.29) is 0 Å². The first-order valence-corrected chi connectivity index (χ1v) is 8.83. The number of ether oxygens (including phenoxy) is 2. The predicted octanol–water partition coefficient (Wildman–Crippen LogP) is 3.68. The van der Waals surface area contributed by atoms with E-state index in [1.54, 1.807) is 13.3 Å². The van der Waals surface area contributed by atoms with Gasteiger partial charge in [0.15, 0.2) is 5.82 Å². The summed E-state index contributed by atoms with van der Waals surface area (Å²) in [6.07, 6.45) is 2.61. The molecule has 2 aromatic carbocycles. The zero-order valence-corrected chi connectivity index (χ0v) is 15.5. The van der Waals surface area contributed by atoms with Gasteiger partial charge in [-0.25, -0.2) is 0 Å². The fourth-order valence-electron chi connectivity index (χ4n) is 2.41. The number of hydrogen-bond acceptors (Lipinski definition) is 7. The lowest BCUT2D eigenvalue weighted by atomic mass is 10.1. The van der Waals surface area contributed by atoms with Gasteiger partial charge in [-0.3, -0.25) is 0 Å². The lowest BCUT2D eigenvalue weighted by Gasteiger charge is -2.09. The second-order valence-electron chi connectivity index (χ2n) is 5.79. The molecule has 0 unspecified atom stereocenters. The van der Waals surface area contributed by atoms with Gasteiger partial charge >= 0.3 is 0 Å². The standard InChI is InChI=1S/C20H23N5O2/c1-3-15-4-6-16(7-5-15)23-19-14-22-25-20(24-19)21-12-13-27-18-10-8-17(26-2)9-11-18/h4-11,14H,3,12-13H2,1-2H3,(H2,21,23,24,25). The van der Waals surface area contributed by atoms with Gasteiger partial charge in [-0.1, -0.05) is 19.1 Å². The topological polar surface area (TPSA) is 81.2 Å². The Labute approximate surface area is 158 Å². The molecule has 27 heavy (non-hydrogen) atoms. The Morgan fingerprint density at radius 1 is 0.963 bits per heavy atom. The average Bonchev–Trinajstić information content (AvgIpc) is 2.72. The van der Waals surface area contributed by atoms with E-state index in [0.29, 0.717) is 24.9 Å². The SMILES string of the molecule is CCc1ccc(Nc2cnnc(NCCOc3ccc(OC)cc3)n2)cc1. The molecule has 0 atom stereocenters. The summed E-state index contributed by atoms with van der Waals surface area (Å²) in [5.41, 5.74) is 2.25. The van der Waals surface area contributed by atoms with Gasteiger partial charge in [0, 0.05) is 5.69 Å². The lowest BCUT2D eigenvalue weighted by molar-refractivity contribution is 0.331. The molecule has 1 aromatic heterocycles. The summed E-state index contributed by atoms with van der Waals surface area (Å²) in [6.45, 7) is 3.17. The molecule has 0 aliphatic heterocycles. The highest BCUT2D eigenvalue weighted by Gasteiger charge is 2.02. The van der Waals surface area contributed by atoms with Crippen molar-refractivity contribution < 1.29 is 9.47 Å². The molecular formula is C20H23N5O2. The monoisotopic (exact) mass is 365 g/mol. The smallest absolute Gasteiger partial charge is 0.244 e. The van der Waals surface area contributed by atoms with Crippen LogP contribution in [0.3, 0.4) is 0 Å². The van der Waals surface area contributed by atoms with Crippen LogP contribution in [-0.2, 0) is 6.42 Å². The van der Waals surface area contributed by atoms with Crippen molar-refractivity contribution in [1.82, 2.24) is 15.2 Å². The van der Waals surface area contributed by atoms with Crippen molar-refractivity contribution >= 4 is 17.5 Å². The molecule has 2 N–H and O–H groups in total. The molecule has 0 saturated carbocycles. The molecule has 0 amide bonds. The van der Waals surface area contributed by atoms with Crippen LogP contribution in [0.5, 0.6) is 11.5 Å². The molecule has 0 radical (unpaired) electrons. The average molecular weight is 365 g/mol. The van der Waals surface area contributed by atoms with Crippen molar-refractivity contribution in [1.29, 1.82) is 0 Å². The number of hydrogen-bond donors (Lipinski definition) is 2. The minimum atomic E-state index is 0.448. The van der Waals surface area contributed by atoms with Crippen LogP contribution in [0.1, 0.15) is 12.5 Å². The Morgan fingerprint density at radius 2 is 1.70 bits per heavy atom. The maximum Gasteiger partial charge on any atom is 0.244 e. The first kappa shape index (κ1) is 18.4. The Bertz CT molecular complexity index is 838. The second-order valence-corrected chi connectivity index (χ2v) is 5.79. The summed E-state index contributed by atoms with van der Waals surface area (Å²) < 4.78 is 10.8. The first-order valence-electron chi connectivity index (χ1n) is 8.83. The van der Waals surface area contributed by atoms with E-state index < -0.39 is 0 Å². The molecule has 0 spiro atoms. The zero-order valence-electron chi connectivity index (χ0n) is 15.5. The summed E-state index contributed by atoms with van der Waals surface area (Å²) in [7, 11) is 1.64. The van der Waals surface area contributed by atoms with Gasteiger partial charge in [0.2, 0.25) is 5.95 Å². The number of rotatable bonds is 9. The maximum absolute atomic E-state index is 5.67. The summed E-state index contributed by atoms with van der Waals surface area (Å²) in [5.74, 6) is 2.66. The highest BCUT2D eigenvalue weighted by atomic mass is 16.5. The number of anilines is 3. The predicted molar refractivity (Wildman–Crippen MR) is 106 cm³/mol. The summed E-state index contributed by atoms with van der Waals surface area (Å²) in [5, 5.41) is 14.3. The van der Waals surface area contributed by atoms with Crippen LogP contribution in [0.2, 0.25) is 0 Å². The molecule has 7 heteroatoms. The number of aryl methyl sites for hydroxylation is 1. The van der Waals surface area contributed by atoms with E-state index in [1.165, 1.54) is 5.56 Å². The van der Waals surface area contributed by atoms with E-state index in [4.69, 9.17) is 9.47 Å². The maximum atomic E-state index is 5.67. The van der Waals surface area contributed by atoms with Crippen LogP contribution < -0.4 is 20.1 Å². The zero-order chi connectivity index (χ0) is 18.9. The Kier molecular flexibility index (Phi) is 6.40. The quantitative estimate of drug-likeness (QED) is 0.560. The van der Waals surface area contributed by atoms with Gasteiger partial charge in [0.05, 0.1) is 19.9 Å². The molecule has 140 valence electrons. The fourth-order valence-corrected chi connectivity index (χ4v) is 2.41. The largest absolute Gasteiger partial charge is 0.497 e. The third kappa shape index (κ3) is 5.57. The van der Waals surface area contributed by atoms with Crippen LogP contribution >= 0.6 is 0 Å². The molecule has 7 nitrogen and oxygen atoms in total. The minimum Gasteiger partial charge on any atom is -0.497 e. The van der Waals surface area contributed by atoms with E-state index >= 15 is 0 Å². The molecule has 1 heterocycles. The Balaban J connectivity index is 1.48. The van der Waals surface area contributed by atoms with Crippen LogP contribution in [0.25, 0.3) is 0 Å². The summed E-state index contributed by atoms with van der Waals surface area (Å²) in [4.78, 5) is 4.41. The number of nitrogens with zero attached hydrogens (tertiary/aromatic N) is 3. The summed E-state index contributed by atoms with van der Waals surface area (Å²) >= 11 is 0. The van der Waals surface area contributed by atoms with Crippen molar-refractivity contribution in [2.45, 2.75) is 13.3 Å². The van der Waals surface area contributed by atoms with Gasteiger partial charge in [0.1, 0.15) is 18.1 Å². The van der Waals surface area contributed by atoms with Gasteiger partial charge < -0.3 is 20.1 Å². The van der Waals surface area contributed by atoms with E-state index in [2.05, 4.69) is 44.9 Å². The number of aromatic nitrogens is 3. The number of benzene rings is 2. The van der Waals surface area contributed by atoms with E-state index in [9.17, 15) is 0 Å². The van der Waals surface area contributed by atoms with Gasteiger partial charge in [0.25, 0.3) is 0 Å². The number of methoxy groups -OCH3 is 1. The highest BCUT2D eigenvalue weighted by Crippen LogP contribution is 2.17. The minimum absolute atomic E-state index is 0.448. The Morgan fingerprint density at radius 3 is 2.41 bits per heavy atom. The lowest BCUT2D eigenvalue weighted by Crippen LogP contribution is -2.14. The van der Waals surface area contributed by atoms with Crippen LogP contribution in [0.15, 0.2) is 54.7 Å². The van der Waals surface area contributed by atoms with Crippen molar-refractivity contribution in [2.24, 2.45) is 0 Å². The molecule has 0 fully saturated rings. The molecule has 0 bridgehead atoms. The molecule has 3 aromatic rings. The summed E-state index contributed by atoms with van der Waals surface area (Å²) in [6, 6.07) is 15.7. The molecule has 0 aliphatic carbocycles. The van der Waals surface area contributed by atoms with E-state index in [1.807, 2.05) is 36.4 Å². The van der Waals surface area contributed by atoms with Crippen molar-refractivity contribution in [2.75, 3.05) is 30.9 Å². The van der Waals surface area contributed by atoms with Crippen molar-refractivity contribution in [3.05, 3.63) is 60.3 Å². The third-order valence-electron chi connectivity index (χ3n) is 3.91. The Hall–Kier alpha value is -3.35. The van der Waals surface area contributed by atoms with Crippen LogP contribution in [-0.4, -0.2) is 35.4 Å². The molecule has 0 saturated heterocycles. The van der Waals surface area contributed by atoms with Gasteiger partial charge in [-0.05, 0) is 48.4 Å². The molecular weight excluding hydrogens is 342 g/mol.